The molecule has 216 valence electrons. The second kappa shape index (κ2) is 12.7. The Morgan fingerprint density at radius 1 is 0.953 bits per heavy atom. The molecule has 0 saturated carbocycles. The van der Waals surface area contributed by atoms with Crippen LogP contribution in [0, 0.1) is 21.4 Å². The van der Waals surface area contributed by atoms with Gasteiger partial charge in [-0.1, -0.05) is 47.5 Å². The highest BCUT2D eigenvalue weighted by Crippen LogP contribution is 2.43. The number of hydrogen-bond donors (Lipinski definition) is 1. The van der Waals surface area contributed by atoms with Crippen molar-refractivity contribution in [1.82, 2.24) is 0 Å². The van der Waals surface area contributed by atoms with Gasteiger partial charge in [0.25, 0.3) is 5.69 Å². The van der Waals surface area contributed by atoms with E-state index >= 15 is 0 Å². The molecule has 0 bridgehead atoms. The molecule has 1 aliphatic rings. The van der Waals surface area contributed by atoms with E-state index < -0.39 is 23.4 Å². The molecule has 4 aromatic carbocycles. The highest BCUT2D eigenvalue weighted by Gasteiger charge is 2.31. The van der Waals surface area contributed by atoms with Gasteiger partial charge >= 0.3 is 5.97 Å². The fraction of sp³-hybridized carbons (Fsp3) is 0.0968. The summed E-state index contributed by atoms with van der Waals surface area (Å²) in [6.07, 6.45) is 0. The Morgan fingerprint density at radius 3 is 2.30 bits per heavy atom. The van der Waals surface area contributed by atoms with Crippen LogP contribution < -0.4 is 24.7 Å². The molecule has 0 aromatic heterocycles. The minimum absolute atomic E-state index is 0.0670. The van der Waals surface area contributed by atoms with Crippen molar-refractivity contribution >= 4 is 34.9 Å². The molecule has 0 aliphatic carbocycles. The first-order valence-electron chi connectivity index (χ1n) is 12.7. The largest absolute Gasteiger partial charge is 0.489 e. The molecular weight excluding hydrogens is 597 g/mol. The normalized spacial score (nSPS) is 13.7. The lowest BCUT2D eigenvalue weighted by Crippen LogP contribution is -2.21. The Morgan fingerprint density at radius 2 is 1.63 bits per heavy atom. The lowest BCUT2D eigenvalue weighted by atomic mass is 9.83. The van der Waals surface area contributed by atoms with E-state index in [0.29, 0.717) is 27.1 Å². The summed E-state index contributed by atoms with van der Waals surface area (Å²) < 4.78 is 22.3. The molecule has 2 N–H and O–H groups in total. The monoisotopic (exact) mass is 617 g/mol. The van der Waals surface area contributed by atoms with Crippen molar-refractivity contribution in [2.75, 3.05) is 6.61 Å². The Kier molecular flexibility index (Phi) is 8.66. The van der Waals surface area contributed by atoms with Crippen LogP contribution in [0.25, 0.3) is 0 Å². The highest BCUT2D eigenvalue weighted by molar-refractivity contribution is 6.35. The molecule has 0 amide bonds. The molecule has 0 spiro atoms. The lowest BCUT2D eigenvalue weighted by Gasteiger charge is -2.26. The molecular formula is C31H21Cl2N3O7. The third-order valence-corrected chi connectivity index (χ3v) is 7.04. The van der Waals surface area contributed by atoms with Gasteiger partial charge in [0.15, 0.2) is 6.61 Å². The van der Waals surface area contributed by atoms with Crippen molar-refractivity contribution in [3.8, 4) is 29.1 Å². The van der Waals surface area contributed by atoms with Crippen LogP contribution in [0.15, 0.2) is 96.4 Å². The van der Waals surface area contributed by atoms with E-state index in [9.17, 15) is 20.2 Å². The van der Waals surface area contributed by atoms with Crippen molar-refractivity contribution in [2.24, 2.45) is 5.73 Å². The van der Waals surface area contributed by atoms with Gasteiger partial charge in [-0.15, -0.1) is 0 Å². The van der Waals surface area contributed by atoms with Crippen molar-refractivity contribution in [2.45, 2.75) is 12.5 Å². The second-order valence-corrected chi connectivity index (χ2v) is 10.1. The van der Waals surface area contributed by atoms with Crippen LogP contribution in [0.4, 0.5) is 5.69 Å². The van der Waals surface area contributed by atoms with Crippen molar-refractivity contribution in [3.05, 3.63) is 133 Å². The predicted octanol–water partition coefficient (Wildman–Crippen LogP) is 6.68. The highest BCUT2D eigenvalue weighted by atomic mass is 35.5. The molecule has 1 unspecified atom stereocenters. The van der Waals surface area contributed by atoms with Gasteiger partial charge in [-0.25, -0.2) is 4.79 Å². The molecule has 43 heavy (non-hydrogen) atoms. The fourth-order valence-electron chi connectivity index (χ4n) is 4.37. The number of rotatable bonds is 9. The van der Waals surface area contributed by atoms with E-state index in [0.717, 1.165) is 11.1 Å². The number of benzene rings is 4. The molecule has 4 aromatic rings. The number of esters is 1. The molecule has 10 nitrogen and oxygen atoms in total. The third-order valence-electron chi connectivity index (χ3n) is 6.45. The standard InChI is InChI=1S/C31H21Cl2N3O7/c32-20-4-1-19(27(33)13-20)16-40-22-7-2-18(3-8-22)30-25-12-11-24(14-28(25)43-31(35)26(30)15-34)42-29(37)17-41-23-9-5-21(6-10-23)36(38)39/h1-14,30H,16-17,35H2. The van der Waals surface area contributed by atoms with Crippen LogP contribution in [0.2, 0.25) is 10.0 Å². The summed E-state index contributed by atoms with van der Waals surface area (Å²) in [5.74, 6) is 0.0456. The van der Waals surface area contributed by atoms with Crippen LogP contribution in [0.5, 0.6) is 23.0 Å². The quantitative estimate of drug-likeness (QED) is 0.0939. The van der Waals surface area contributed by atoms with E-state index in [1.54, 1.807) is 42.5 Å². The average molecular weight is 618 g/mol. The van der Waals surface area contributed by atoms with Gasteiger partial charge in [0.05, 0.1) is 10.8 Å². The summed E-state index contributed by atoms with van der Waals surface area (Å²) >= 11 is 12.2. The number of nitrogens with two attached hydrogens (primary N) is 1. The Balaban J connectivity index is 1.28. The number of carbonyl (C=O) groups excluding carboxylic acids is 1. The van der Waals surface area contributed by atoms with E-state index in [1.807, 2.05) is 12.1 Å². The second-order valence-electron chi connectivity index (χ2n) is 9.23. The summed E-state index contributed by atoms with van der Waals surface area (Å²) in [4.78, 5) is 22.6. The number of hydrogen-bond acceptors (Lipinski definition) is 9. The lowest BCUT2D eigenvalue weighted by molar-refractivity contribution is -0.384. The molecule has 5 rings (SSSR count). The minimum atomic E-state index is -0.706. The maximum absolute atomic E-state index is 12.4. The smallest absolute Gasteiger partial charge is 0.349 e. The molecule has 12 heteroatoms. The molecule has 0 fully saturated rings. The van der Waals surface area contributed by atoms with E-state index in [2.05, 4.69) is 6.07 Å². The first kappa shape index (κ1) is 29.3. The Bertz CT molecular complexity index is 1770. The Hall–Kier alpha value is -5.24. The molecule has 0 radical (unpaired) electrons. The molecule has 1 atom stereocenters. The SMILES string of the molecule is N#CC1=C(N)Oc2cc(OC(=O)COc3ccc([N+](=O)[O-])cc3)ccc2C1c1ccc(OCc2ccc(Cl)cc2Cl)cc1. The van der Waals surface area contributed by atoms with Gasteiger partial charge in [-0.05, 0) is 48.0 Å². The van der Waals surface area contributed by atoms with Crippen LogP contribution >= 0.6 is 23.2 Å². The van der Waals surface area contributed by atoms with Gasteiger partial charge in [0.2, 0.25) is 5.88 Å². The summed E-state index contributed by atoms with van der Waals surface area (Å²) in [5.41, 5.74) is 8.44. The van der Waals surface area contributed by atoms with Crippen molar-refractivity contribution in [3.63, 3.8) is 0 Å². The number of allylic oxidation sites excluding steroid dienone is 1. The first-order valence-corrected chi connectivity index (χ1v) is 13.4. The van der Waals surface area contributed by atoms with Gasteiger partial charge < -0.3 is 24.7 Å². The number of carbonyl (C=O) groups is 1. The van der Waals surface area contributed by atoms with Crippen molar-refractivity contribution < 1.29 is 28.7 Å². The van der Waals surface area contributed by atoms with Crippen LogP contribution in [-0.4, -0.2) is 17.5 Å². The van der Waals surface area contributed by atoms with Crippen LogP contribution in [-0.2, 0) is 11.4 Å². The number of nitro benzene ring substituents is 1. The summed E-state index contributed by atoms with van der Waals surface area (Å²) in [7, 11) is 0. The number of nitriles is 1. The number of fused-ring (bicyclic) bond motifs is 1. The topological polar surface area (TPSA) is 147 Å². The van der Waals surface area contributed by atoms with Gasteiger partial charge in [-0.2, -0.15) is 5.26 Å². The summed E-state index contributed by atoms with van der Waals surface area (Å²) in [5, 5.41) is 21.7. The van der Waals surface area contributed by atoms with E-state index in [-0.39, 0.29) is 35.2 Å². The average Bonchev–Trinajstić information content (AvgIpc) is 2.99. The van der Waals surface area contributed by atoms with E-state index in [4.69, 9.17) is 47.9 Å². The minimum Gasteiger partial charge on any atom is -0.489 e. The molecule has 1 aliphatic heterocycles. The van der Waals surface area contributed by atoms with Crippen LogP contribution in [0.1, 0.15) is 22.6 Å². The van der Waals surface area contributed by atoms with Gasteiger partial charge in [0, 0.05) is 39.4 Å². The maximum atomic E-state index is 12.4. The fourth-order valence-corrected chi connectivity index (χ4v) is 4.83. The zero-order valence-corrected chi connectivity index (χ0v) is 23.7. The maximum Gasteiger partial charge on any atom is 0.349 e. The number of ether oxygens (including phenoxy) is 4. The molecule has 1 heterocycles. The number of nitro groups is 1. The third kappa shape index (κ3) is 6.81. The predicted molar refractivity (Wildman–Crippen MR) is 157 cm³/mol. The zero-order valence-electron chi connectivity index (χ0n) is 22.2. The number of non-ortho nitro benzene ring substituents is 1. The van der Waals surface area contributed by atoms with Gasteiger partial charge in [0.1, 0.15) is 41.2 Å². The number of halogens is 2. The van der Waals surface area contributed by atoms with Crippen molar-refractivity contribution in [1.29, 1.82) is 5.26 Å². The number of nitrogens with zero attached hydrogens (tertiary/aromatic N) is 2. The summed E-state index contributed by atoms with van der Waals surface area (Å²) in [6, 6.07) is 24.6. The Labute approximate surface area is 255 Å². The summed E-state index contributed by atoms with van der Waals surface area (Å²) in [6.45, 7) is -0.191. The van der Waals surface area contributed by atoms with Gasteiger partial charge in [-0.3, -0.25) is 10.1 Å². The van der Waals surface area contributed by atoms with E-state index in [1.165, 1.54) is 30.3 Å². The molecule has 0 saturated heterocycles. The van der Waals surface area contributed by atoms with Crippen LogP contribution in [0.3, 0.4) is 0 Å². The zero-order chi connectivity index (χ0) is 30.5. The first-order chi connectivity index (χ1) is 20.7.